The van der Waals surface area contributed by atoms with Gasteiger partial charge < -0.3 is 5.32 Å². The van der Waals surface area contributed by atoms with Crippen LogP contribution in [0.2, 0.25) is 0 Å². The lowest BCUT2D eigenvalue weighted by Gasteiger charge is -2.25. The van der Waals surface area contributed by atoms with Crippen molar-refractivity contribution in [3.63, 3.8) is 0 Å². The molecule has 0 fully saturated rings. The summed E-state index contributed by atoms with van der Waals surface area (Å²) >= 11 is 0. The predicted octanol–water partition coefficient (Wildman–Crippen LogP) is 2.54. The molecule has 2 aromatic rings. The summed E-state index contributed by atoms with van der Waals surface area (Å²) in [5.41, 5.74) is 0.571. The molecular weight excluding hydrogens is 316 g/mol. The number of aryl methyl sites for hydroxylation is 2. The number of nitrogens with one attached hydrogen (secondary N) is 1. The Bertz CT molecular complexity index is 879. The second-order valence-corrected chi connectivity index (χ2v) is 7.05. The van der Waals surface area contributed by atoms with Crippen LogP contribution >= 0.6 is 0 Å². The molecule has 1 amide bonds. The highest BCUT2D eigenvalue weighted by Crippen LogP contribution is 2.16. The van der Waals surface area contributed by atoms with Crippen molar-refractivity contribution in [3.8, 4) is 6.07 Å². The van der Waals surface area contributed by atoms with Crippen LogP contribution in [0.15, 0.2) is 29.3 Å². The fourth-order valence-corrected chi connectivity index (χ4v) is 3.03. The van der Waals surface area contributed by atoms with Gasteiger partial charge in [0.05, 0.1) is 23.3 Å². The number of benzene rings is 1. The fourth-order valence-electron chi connectivity index (χ4n) is 3.03. The molecular formula is C19H24N4O2. The molecule has 2 rings (SSSR count). The van der Waals surface area contributed by atoms with Crippen LogP contribution in [0.1, 0.15) is 39.2 Å². The van der Waals surface area contributed by atoms with Gasteiger partial charge in [-0.15, -0.1) is 0 Å². The van der Waals surface area contributed by atoms with E-state index in [4.69, 9.17) is 0 Å². The largest absolute Gasteiger partial charge is 0.338 e. The molecule has 0 spiro atoms. The normalized spacial score (nSPS) is 13.4. The molecule has 0 radical (unpaired) electrons. The summed E-state index contributed by atoms with van der Waals surface area (Å²) in [5, 5.41) is 12.6. The highest BCUT2D eigenvalue weighted by Gasteiger charge is 2.26. The Balaban J connectivity index is 2.10. The Morgan fingerprint density at radius 2 is 2.16 bits per heavy atom. The van der Waals surface area contributed by atoms with Gasteiger partial charge in [0.25, 0.3) is 5.56 Å². The Morgan fingerprint density at radius 3 is 2.80 bits per heavy atom. The number of hydrogen-bond donors (Lipinski definition) is 1. The van der Waals surface area contributed by atoms with E-state index < -0.39 is 5.54 Å². The van der Waals surface area contributed by atoms with Gasteiger partial charge in [-0.3, -0.25) is 14.2 Å². The first-order valence-electron chi connectivity index (χ1n) is 8.43. The summed E-state index contributed by atoms with van der Waals surface area (Å²) in [7, 11) is 0. The minimum atomic E-state index is -0.894. The van der Waals surface area contributed by atoms with E-state index in [1.165, 1.54) is 10.9 Å². The molecule has 6 nitrogen and oxygen atoms in total. The number of nitriles is 1. The standard InChI is InChI=1S/C19H24N4O2/c1-13(2)10-19(4,11-20)22-16(24)8-9-23-12-21-17-14(3)6-5-7-15(17)18(23)25/h5-7,12-13H,8-10H2,1-4H3,(H,22,24). The van der Waals surface area contributed by atoms with Gasteiger partial charge in [-0.2, -0.15) is 5.26 Å². The van der Waals surface area contributed by atoms with E-state index in [0.29, 0.717) is 23.2 Å². The summed E-state index contributed by atoms with van der Waals surface area (Å²) in [4.78, 5) is 29.1. The maximum atomic E-state index is 12.5. The molecule has 6 heteroatoms. The number of aromatic nitrogens is 2. The molecule has 0 aliphatic heterocycles. The van der Waals surface area contributed by atoms with Crippen LogP contribution in [-0.4, -0.2) is 21.0 Å². The summed E-state index contributed by atoms with van der Waals surface area (Å²) in [6, 6.07) is 7.64. The number of fused-ring (bicyclic) bond motifs is 1. The van der Waals surface area contributed by atoms with Crippen LogP contribution in [0.4, 0.5) is 0 Å². The quantitative estimate of drug-likeness (QED) is 0.875. The molecule has 1 heterocycles. The van der Waals surface area contributed by atoms with E-state index in [2.05, 4.69) is 16.4 Å². The monoisotopic (exact) mass is 340 g/mol. The lowest BCUT2D eigenvalue weighted by atomic mass is 9.92. The third-order valence-corrected chi connectivity index (χ3v) is 4.11. The number of hydrogen-bond acceptors (Lipinski definition) is 4. The van der Waals surface area contributed by atoms with Gasteiger partial charge in [0.15, 0.2) is 0 Å². The minimum absolute atomic E-state index is 0.119. The second kappa shape index (κ2) is 7.47. The van der Waals surface area contributed by atoms with Crippen molar-refractivity contribution >= 4 is 16.8 Å². The minimum Gasteiger partial charge on any atom is -0.338 e. The molecule has 1 aromatic heterocycles. The first kappa shape index (κ1) is 18.7. The van der Waals surface area contributed by atoms with Crippen molar-refractivity contribution in [2.24, 2.45) is 5.92 Å². The molecule has 25 heavy (non-hydrogen) atoms. The lowest BCUT2D eigenvalue weighted by molar-refractivity contribution is -0.122. The smallest absolute Gasteiger partial charge is 0.261 e. The summed E-state index contributed by atoms with van der Waals surface area (Å²) < 4.78 is 1.44. The van der Waals surface area contributed by atoms with Gasteiger partial charge in [-0.1, -0.05) is 26.0 Å². The molecule has 0 aliphatic carbocycles. The molecule has 1 aromatic carbocycles. The Hall–Kier alpha value is -2.68. The first-order chi connectivity index (χ1) is 11.8. The van der Waals surface area contributed by atoms with Crippen LogP contribution in [-0.2, 0) is 11.3 Å². The topological polar surface area (TPSA) is 87.8 Å². The van der Waals surface area contributed by atoms with E-state index in [1.807, 2.05) is 32.9 Å². The summed E-state index contributed by atoms with van der Waals surface area (Å²) in [5.74, 6) is 0.0430. The van der Waals surface area contributed by atoms with Crippen LogP contribution in [0.25, 0.3) is 10.9 Å². The van der Waals surface area contributed by atoms with E-state index in [1.54, 1.807) is 13.0 Å². The van der Waals surface area contributed by atoms with Crippen LogP contribution in [0.5, 0.6) is 0 Å². The second-order valence-electron chi connectivity index (χ2n) is 7.05. The van der Waals surface area contributed by atoms with E-state index >= 15 is 0 Å². The summed E-state index contributed by atoms with van der Waals surface area (Å²) in [6.07, 6.45) is 2.17. The number of carbonyl (C=O) groups is 1. The molecule has 0 aliphatic rings. The van der Waals surface area contributed by atoms with Crippen LogP contribution < -0.4 is 10.9 Å². The third-order valence-electron chi connectivity index (χ3n) is 4.11. The molecule has 1 unspecified atom stereocenters. The van der Waals surface area contributed by atoms with Gasteiger partial charge in [0, 0.05) is 13.0 Å². The molecule has 0 saturated heterocycles. The van der Waals surface area contributed by atoms with Crippen molar-refractivity contribution < 1.29 is 4.79 Å². The number of carbonyl (C=O) groups excluding carboxylic acids is 1. The lowest BCUT2D eigenvalue weighted by Crippen LogP contribution is -2.46. The highest BCUT2D eigenvalue weighted by molar-refractivity contribution is 5.80. The molecule has 0 bridgehead atoms. The molecule has 1 N–H and O–H groups in total. The Kier molecular flexibility index (Phi) is 5.58. The molecule has 1 atom stereocenters. The SMILES string of the molecule is Cc1cccc2c(=O)n(CCC(=O)NC(C)(C#N)CC(C)C)cnc12. The van der Waals surface area contributed by atoms with Crippen molar-refractivity contribution in [3.05, 3.63) is 40.4 Å². The van der Waals surface area contributed by atoms with Gasteiger partial charge >= 0.3 is 0 Å². The Morgan fingerprint density at radius 1 is 1.44 bits per heavy atom. The number of rotatable bonds is 6. The number of para-hydroxylation sites is 1. The third kappa shape index (κ3) is 4.44. The predicted molar refractivity (Wildman–Crippen MR) is 97.0 cm³/mol. The van der Waals surface area contributed by atoms with Gasteiger partial charge in [0.2, 0.25) is 5.91 Å². The fraction of sp³-hybridized carbons (Fsp3) is 0.474. The van der Waals surface area contributed by atoms with Gasteiger partial charge in [0.1, 0.15) is 5.54 Å². The van der Waals surface area contributed by atoms with Gasteiger partial charge in [-0.05, 0) is 37.8 Å². The van der Waals surface area contributed by atoms with E-state index in [0.717, 1.165) is 5.56 Å². The number of nitrogens with zero attached hydrogens (tertiary/aromatic N) is 3. The van der Waals surface area contributed by atoms with E-state index in [-0.39, 0.29) is 24.4 Å². The van der Waals surface area contributed by atoms with Crippen LogP contribution in [0.3, 0.4) is 0 Å². The first-order valence-corrected chi connectivity index (χ1v) is 8.43. The van der Waals surface area contributed by atoms with E-state index in [9.17, 15) is 14.9 Å². The highest BCUT2D eigenvalue weighted by atomic mass is 16.2. The molecule has 132 valence electrons. The van der Waals surface area contributed by atoms with Crippen molar-refractivity contribution in [2.45, 2.75) is 52.6 Å². The van der Waals surface area contributed by atoms with Crippen molar-refractivity contribution in [1.82, 2.24) is 14.9 Å². The summed E-state index contributed by atoms with van der Waals surface area (Å²) in [6.45, 7) is 7.86. The van der Waals surface area contributed by atoms with Crippen molar-refractivity contribution in [2.75, 3.05) is 0 Å². The molecule has 0 saturated carbocycles. The zero-order chi connectivity index (χ0) is 18.6. The van der Waals surface area contributed by atoms with Crippen LogP contribution in [0, 0.1) is 24.2 Å². The average Bonchev–Trinajstić information content (AvgIpc) is 2.54. The van der Waals surface area contributed by atoms with Gasteiger partial charge in [-0.25, -0.2) is 4.98 Å². The zero-order valence-electron chi connectivity index (χ0n) is 15.2. The number of amides is 1. The van der Waals surface area contributed by atoms with Crippen molar-refractivity contribution in [1.29, 1.82) is 5.26 Å². The maximum absolute atomic E-state index is 12.5. The maximum Gasteiger partial charge on any atom is 0.261 e. The average molecular weight is 340 g/mol. The Labute approximate surface area is 147 Å². The zero-order valence-corrected chi connectivity index (χ0v) is 15.2.